The van der Waals surface area contributed by atoms with Crippen LogP contribution in [0.4, 0.5) is 5.69 Å². The highest BCUT2D eigenvalue weighted by Crippen LogP contribution is 2.58. The molecular formula is C24H29N5O. The van der Waals surface area contributed by atoms with E-state index in [1.165, 1.54) is 11.3 Å². The Bertz CT molecular complexity index is 1110. The van der Waals surface area contributed by atoms with Crippen LogP contribution in [0.25, 0.3) is 5.65 Å². The topological polar surface area (TPSA) is 68.7 Å². The van der Waals surface area contributed by atoms with E-state index >= 15 is 0 Å². The van der Waals surface area contributed by atoms with Crippen LogP contribution in [0.5, 0.6) is 0 Å². The van der Waals surface area contributed by atoms with Crippen LogP contribution in [0, 0.1) is 18.8 Å². The minimum Gasteiger partial charge on any atom is -0.369 e. The largest absolute Gasteiger partial charge is 0.369 e. The molecule has 2 bridgehead atoms. The van der Waals surface area contributed by atoms with Crippen molar-refractivity contribution in [2.45, 2.75) is 37.7 Å². The second kappa shape index (κ2) is 6.28. The molecule has 30 heavy (non-hydrogen) atoms. The molecule has 0 amide bonds. The van der Waals surface area contributed by atoms with E-state index in [4.69, 9.17) is 20.6 Å². The van der Waals surface area contributed by atoms with Crippen molar-refractivity contribution in [3.8, 4) is 0 Å². The highest BCUT2D eigenvalue weighted by Gasteiger charge is 2.63. The number of rotatable bonds is 4. The zero-order valence-electron chi connectivity index (χ0n) is 17.7. The maximum Gasteiger partial charge on any atom is 0.183 e. The molecule has 4 atom stereocenters. The summed E-state index contributed by atoms with van der Waals surface area (Å²) >= 11 is 0. The molecule has 3 aromatic rings. The molecule has 156 valence electrons. The molecule has 3 saturated heterocycles. The Balaban J connectivity index is 1.33. The highest BCUT2D eigenvalue weighted by atomic mass is 16.5. The van der Waals surface area contributed by atoms with Gasteiger partial charge in [0.05, 0.1) is 18.5 Å². The first-order valence-corrected chi connectivity index (χ1v) is 11.0. The molecule has 6 nitrogen and oxygen atoms in total. The maximum atomic E-state index is 6.15. The Kier molecular flexibility index (Phi) is 3.84. The summed E-state index contributed by atoms with van der Waals surface area (Å²) in [6, 6.07) is 13.1. The lowest BCUT2D eigenvalue weighted by atomic mass is 9.64. The van der Waals surface area contributed by atoms with Crippen LogP contribution in [0.3, 0.4) is 0 Å². The van der Waals surface area contributed by atoms with Crippen molar-refractivity contribution >= 4 is 11.3 Å². The fraction of sp³-hybridized carbons (Fsp3) is 0.500. The van der Waals surface area contributed by atoms with Gasteiger partial charge in [-0.05, 0) is 49.4 Å². The van der Waals surface area contributed by atoms with Gasteiger partial charge in [0.25, 0.3) is 0 Å². The Morgan fingerprint density at radius 1 is 1.27 bits per heavy atom. The van der Waals surface area contributed by atoms with Gasteiger partial charge in [-0.3, -0.25) is 0 Å². The van der Waals surface area contributed by atoms with Crippen molar-refractivity contribution < 1.29 is 4.74 Å². The minimum atomic E-state index is -0.364. The summed E-state index contributed by atoms with van der Waals surface area (Å²) in [6.07, 6.45) is 4.28. The fourth-order valence-corrected chi connectivity index (χ4v) is 5.95. The molecule has 3 aliphatic heterocycles. The second-order valence-corrected chi connectivity index (χ2v) is 9.69. The van der Waals surface area contributed by atoms with E-state index in [2.05, 4.69) is 61.3 Å². The molecular weight excluding hydrogens is 374 g/mol. The summed E-state index contributed by atoms with van der Waals surface area (Å²) < 4.78 is 8.10. The number of ether oxygens (including phenoxy) is 1. The molecule has 3 unspecified atom stereocenters. The number of anilines is 1. The molecule has 1 aromatic carbocycles. The van der Waals surface area contributed by atoms with Crippen LogP contribution in [-0.2, 0) is 15.8 Å². The molecule has 4 fully saturated rings. The number of aryl methyl sites for hydroxylation is 1. The molecule has 0 spiro atoms. The number of pyridine rings is 1. The molecule has 2 N–H and O–H groups in total. The predicted molar refractivity (Wildman–Crippen MR) is 117 cm³/mol. The van der Waals surface area contributed by atoms with Gasteiger partial charge >= 0.3 is 0 Å². The third-order valence-corrected chi connectivity index (χ3v) is 7.83. The summed E-state index contributed by atoms with van der Waals surface area (Å²) in [7, 11) is 0. The molecule has 5 heterocycles. The van der Waals surface area contributed by atoms with Crippen LogP contribution in [-0.4, -0.2) is 40.8 Å². The van der Waals surface area contributed by atoms with Crippen molar-refractivity contribution in [3.05, 3.63) is 59.5 Å². The summed E-state index contributed by atoms with van der Waals surface area (Å²) in [6.45, 7) is 7.97. The van der Waals surface area contributed by atoms with E-state index in [1.807, 2.05) is 4.52 Å². The van der Waals surface area contributed by atoms with Crippen LogP contribution >= 0.6 is 0 Å². The molecule has 1 saturated carbocycles. The van der Waals surface area contributed by atoms with Crippen LogP contribution in [0.15, 0.2) is 42.6 Å². The average Bonchev–Trinajstić information content (AvgIpc) is 3.51. The SMILES string of the molecule is Cc1cc(N2CC[C@](C)(c3ccccc3)C2)cn2nc(C34CC(CO3)C4CN)nc12. The number of hydrogen-bond acceptors (Lipinski definition) is 5. The standard InChI is InChI=1S/C24H29N5O/c1-16-10-19(28-9-8-23(2,15-28)18-6-4-3-5-7-18)13-29-21(16)26-22(27-29)24-11-17(14-30-24)20(24)12-25/h3-7,10,13,17,20H,8-9,11-12,14-15,25H2,1-2H3/t17?,20?,23-,24?/m0/s1. The van der Waals surface area contributed by atoms with Gasteiger partial charge in [0, 0.05) is 24.4 Å². The van der Waals surface area contributed by atoms with Gasteiger partial charge in [-0.25, -0.2) is 9.50 Å². The number of fused-ring (bicyclic) bond motifs is 2. The van der Waals surface area contributed by atoms with Crippen molar-refractivity contribution in [1.82, 2.24) is 14.6 Å². The summed E-state index contributed by atoms with van der Waals surface area (Å²) in [4.78, 5) is 7.38. The number of hydrogen-bond donors (Lipinski definition) is 1. The zero-order valence-corrected chi connectivity index (χ0v) is 17.7. The quantitative estimate of drug-likeness (QED) is 0.725. The molecule has 6 heteroatoms. The monoisotopic (exact) mass is 403 g/mol. The Labute approximate surface area is 177 Å². The predicted octanol–water partition coefficient (Wildman–Crippen LogP) is 3.03. The van der Waals surface area contributed by atoms with E-state index in [0.717, 1.165) is 49.6 Å². The number of benzene rings is 1. The van der Waals surface area contributed by atoms with Crippen LogP contribution in [0.1, 0.15) is 36.7 Å². The molecule has 1 aliphatic carbocycles. The maximum absolute atomic E-state index is 6.15. The van der Waals surface area contributed by atoms with E-state index in [1.54, 1.807) is 0 Å². The van der Waals surface area contributed by atoms with Crippen LogP contribution in [0.2, 0.25) is 0 Å². The first-order valence-electron chi connectivity index (χ1n) is 11.0. The molecule has 4 aliphatic rings. The van der Waals surface area contributed by atoms with Crippen molar-refractivity contribution in [3.63, 3.8) is 0 Å². The molecule has 2 aromatic heterocycles. The van der Waals surface area contributed by atoms with Crippen LogP contribution < -0.4 is 10.6 Å². The van der Waals surface area contributed by atoms with E-state index < -0.39 is 0 Å². The summed E-state index contributed by atoms with van der Waals surface area (Å²) in [5, 5.41) is 4.89. The molecule has 7 rings (SSSR count). The van der Waals surface area contributed by atoms with E-state index in [-0.39, 0.29) is 11.0 Å². The van der Waals surface area contributed by atoms with Gasteiger partial charge in [0.1, 0.15) is 5.60 Å². The lowest BCUT2D eigenvalue weighted by Gasteiger charge is -2.42. The van der Waals surface area contributed by atoms with Crippen molar-refractivity contribution in [1.29, 1.82) is 0 Å². The van der Waals surface area contributed by atoms with E-state index in [9.17, 15) is 0 Å². The highest BCUT2D eigenvalue weighted by molar-refractivity contribution is 5.58. The fourth-order valence-electron chi connectivity index (χ4n) is 5.95. The smallest absolute Gasteiger partial charge is 0.183 e. The normalized spacial score (nSPS) is 32.7. The van der Waals surface area contributed by atoms with Gasteiger partial charge in [-0.2, -0.15) is 0 Å². The summed E-state index contributed by atoms with van der Waals surface area (Å²) in [5.74, 6) is 1.72. The lowest BCUT2D eigenvalue weighted by molar-refractivity contribution is -0.0607. The third-order valence-electron chi connectivity index (χ3n) is 7.83. The Morgan fingerprint density at radius 3 is 2.87 bits per heavy atom. The minimum absolute atomic E-state index is 0.170. The third kappa shape index (κ3) is 2.44. The number of nitrogens with two attached hydrogens (primary N) is 1. The molecule has 0 radical (unpaired) electrons. The van der Waals surface area contributed by atoms with Gasteiger partial charge < -0.3 is 15.4 Å². The van der Waals surface area contributed by atoms with Crippen molar-refractivity contribution in [2.75, 3.05) is 31.1 Å². The van der Waals surface area contributed by atoms with Gasteiger partial charge in [0.2, 0.25) is 0 Å². The second-order valence-electron chi connectivity index (χ2n) is 9.69. The van der Waals surface area contributed by atoms with E-state index in [0.29, 0.717) is 18.4 Å². The first-order chi connectivity index (χ1) is 14.5. The Hall–Kier alpha value is -2.44. The van der Waals surface area contributed by atoms with Gasteiger partial charge in [-0.1, -0.05) is 37.3 Å². The van der Waals surface area contributed by atoms with Gasteiger partial charge in [-0.15, -0.1) is 5.10 Å². The number of aromatic nitrogens is 3. The zero-order chi connectivity index (χ0) is 20.5. The number of nitrogens with zero attached hydrogens (tertiary/aromatic N) is 4. The average molecular weight is 404 g/mol. The summed E-state index contributed by atoms with van der Waals surface area (Å²) in [5.41, 5.74) is 10.5. The first kappa shape index (κ1) is 18.3. The Morgan fingerprint density at radius 2 is 2.10 bits per heavy atom. The van der Waals surface area contributed by atoms with Crippen molar-refractivity contribution in [2.24, 2.45) is 17.6 Å². The lowest BCUT2D eigenvalue weighted by Crippen LogP contribution is -2.49. The van der Waals surface area contributed by atoms with Gasteiger partial charge in [0.15, 0.2) is 11.5 Å².